The van der Waals surface area contributed by atoms with Crippen molar-refractivity contribution in [2.45, 2.75) is 0 Å². The zero-order valence-electron chi connectivity index (χ0n) is 4.87. The number of halogens is 1. The van der Waals surface area contributed by atoms with Crippen molar-refractivity contribution in [3.8, 4) is 0 Å². The second-order valence-corrected chi connectivity index (χ2v) is 2.08. The largest absolute Gasteiger partial charge is 0.543 e. The second kappa shape index (κ2) is 2.66. The Morgan fingerprint density at radius 3 is 2.80 bits per heavy atom. The van der Waals surface area contributed by atoms with Gasteiger partial charge in [0.2, 0.25) is 0 Å². The molecule has 1 heterocycles. The van der Waals surface area contributed by atoms with Crippen molar-refractivity contribution >= 4 is 17.6 Å². The van der Waals surface area contributed by atoms with Crippen LogP contribution < -0.4 is 5.11 Å². The van der Waals surface area contributed by atoms with Gasteiger partial charge in [-0.1, -0.05) is 11.6 Å². The molecule has 0 aromatic carbocycles. The van der Waals surface area contributed by atoms with Crippen molar-refractivity contribution in [3.63, 3.8) is 0 Å². The Hall–Kier alpha value is -1.09. The molecule has 52 valence electrons. The molecule has 0 amide bonds. The Kier molecular flexibility index (Phi) is 1.87. The summed E-state index contributed by atoms with van der Waals surface area (Å²) in [6.45, 7) is 0. The topological polar surface area (TPSA) is 53.0 Å². The lowest BCUT2D eigenvalue weighted by Gasteiger charge is -1.98. The second-order valence-electron chi connectivity index (χ2n) is 1.65. The fourth-order valence-corrected chi connectivity index (χ4v) is 0.676. The van der Waals surface area contributed by atoms with Gasteiger partial charge < -0.3 is 9.90 Å². The Bertz CT molecular complexity index is 262. The van der Waals surface area contributed by atoms with Crippen LogP contribution in [0.4, 0.5) is 0 Å². The van der Waals surface area contributed by atoms with Crippen molar-refractivity contribution in [3.05, 3.63) is 29.0 Å². The van der Waals surface area contributed by atoms with Crippen LogP contribution in [0.1, 0.15) is 10.5 Å². The molecule has 0 saturated heterocycles. The Balaban J connectivity index is 3.07. The summed E-state index contributed by atoms with van der Waals surface area (Å²) in [5.41, 5.74) is -0.146. The van der Waals surface area contributed by atoms with E-state index in [4.69, 9.17) is 11.6 Å². The number of aromatic nitrogens is 1. The standard InChI is InChI=1S/C6H4ClNO2/c7-4-1-2-8-5(3-4)6(9)10/h1-3H,(H,9,10)/p-1. The van der Waals surface area contributed by atoms with Gasteiger partial charge in [-0.05, 0) is 12.1 Å². The molecule has 10 heavy (non-hydrogen) atoms. The first-order valence-electron chi connectivity index (χ1n) is 2.53. The predicted molar refractivity (Wildman–Crippen MR) is 33.6 cm³/mol. The molecule has 0 spiro atoms. The van der Waals surface area contributed by atoms with E-state index in [0.717, 1.165) is 0 Å². The minimum absolute atomic E-state index is 0.146. The van der Waals surface area contributed by atoms with Crippen LogP contribution in [0.5, 0.6) is 0 Å². The third-order valence-electron chi connectivity index (χ3n) is 0.931. The zero-order chi connectivity index (χ0) is 7.56. The highest BCUT2D eigenvalue weighted by Crippen LogP contribution is 2.06. The highest BCUT2D eigenvalue weighted by Gasteiger charge is 1.93. The molecule has 1 aromatic rings. The molecule has 1 aromatic heterocycles. The Morgan fingerprint density at radius 2 is 2.40 bits per heavy atom. The first-order chi connectivity index (χ1) is 4.70. The van der Waals surface area contributed by atoms with Gasteiger partial charge in [0.1, 0.15) is 0 Å². The number of carbonyl (C=O) groups excluding carboxylic acids is 1. The molecule has 0 fully saturated rings. The normalized spacial score (nSPS) is 9.30. The van der Waals surface area contributed by atoms with Crippen molar-refractivity contribution in [2.24, 2.45) is 0 Å². The molecule has 4 heteroatoms. The van der Waals surface area contributed by atoms with Gasteiger partial charge in [-0.25, -0.2) is 0 Å². The monoisotopic (exact) mass is 156 g/mol. The van der Waals surface area contributed by atoms with E-state index < -0.39 is 5.97 Å². The summed E-state index contributed by atoms with van der Waals surface area (Å²) in [5.74, 6) is -1.32. The van der Waals surface area contributed by atoms with Crippen molar-refractivity contribution < 1.29 is 9.90 Å². The lowest BCUT2D eigenvalue weighted by atomic mass is 10.4. The molecule has 1 rings (SSSR count). The molecule has 0 aliphatic carbocycles. The SMILES string of the molecule is O=C([O-])c1cc(Cl)ccn1. The lowest BCUT2D eigenvalue weighted by Crippen LogP contribution is -2.23. The van der Waals surface area contributed by atoms with Crippen LogP contribution in [0.3, 0.4) is 0 Å². The van der Waals surface area contributed by atoms with E-state index in [9.17, 15) is 9.90 Å². The zero-order valence-corrected chi connectivity index (χ0v) is 5.63. The van der Waals surface area contributed by atoms with Gasteiger partial charge in [0.25, 0.3) is 0 Å². The number of pyridine rings is 1. The molecule has 0 aliphatic rings. The first-order valence-corrected chi connectivity index (χ1v) is 2.91. The van der Waals surface area contributed by atoms with Crippen LogP contribution in [-0.2, 0) is 0 Å². The van der Waals surface area contributed by atoms with Crippen LogP contribution in [-0.4, -0.2) is 11.0 Å². The van der Waals surface area contributed by atoms with Crippen molar-refractivity contribution in [1.29, 1.82) is 0 Å². The highest BCUT2D eigenvalue weighted by molar-refractivity contribution is 6.30. The smallest absolute Gasteiger partial charge is 0.0900 e. The third-order valence-corrected chi connectivity index (χ3v) is 1.17. The van der Waals surface area contributed by atoms with Crippen LogP contribution in [0, 0.1) is 0 Å². The van der Waals surface area contributed by atoms with Gasteiger partial charge >= 0.3 is 0 Å². The van der Waals surface area contributed by atoms with E-state index >= 15 is 0 Å². The van der Waals surface area contributed by atoms with Gasteiger partial charge in [0.15, 0.2) is 0 Å². The predicted octanol–water partition coefficient (Wildman–Crippen LogP) is 0.0985. The van der Waals surface area contributed by atoms with Crippen LogP contribution in [0.2, 0.25) is 5.02 Å². The highest BCUT2D eigenvalue weighted by atomic mass is 35.5. The molecule has 0 N–H and O–H groups in total. The van der Waals surface area contributed by atoms with Crippen molar-refractivity contribution in [2.75, 3.05) is 0 Å². The van der Waals surface area contributed by atoms with E-state index in [-0.39, 0.29) is 5.69 Å². The molecular formula is C6H3ClNO2-. The fourth-order valence-electron chi connectivity index (χ4n) is 0.516. The van der Waals surface area contributed by atoms with E-state index in [0.29, 0.717) is 5.02 Å². The average Bonchev–Trinajstić information content (AvgIpc) is 1.88. The van der Waals surface area contributed by atoms with E-state index in [1.54, 1.807) is 0 Å². The quantitative estimate of drug-likeness (QED) is 0.580. The van der Waals surface area contributed by atoms with Crippen LogP contribution in [0.15, 0.2) is 18.3 Å². The number of aromatic carboxylic acids is 1. The first kappa shape index (κ1) is 7.02. The minimum atomic E-state index is -1.32. The van der Waals surface area contributed by atoms with Gasteiger partial charge in [0.05, 0.1) is 11.7 Å². The number of hydrogen-bond donors (Lipinski definition) is 0. The molecule has 0 saturated carbocycles. The molecule has 0 bridgehead atoms. The Labute approximate surface area is 62.3 Å². The van der Waals surface area contributed by atoms with E-state index in [1.165, 1.54) is 18.3 Å². The maximum atomic E-state index is 10.1. The number of nitrogens with zero attached hydrogens (tertiary/aromatic N) is 1. The summed E-state index contributed by atoms with van der Waals surface area (Å²) < 4.78 is 0. The fraction of sp³-hybridized carbons (Fsp3) is 0. The maximum Gasteiger partial charge on any atom is 0.0900 e. The summed E-state index contributed by atoms with van der Waals surface area (Å²) >= 11 is 5.46. The Morgan fingerprint density at radius 1 is 1.70 bits per heavy atom. The summed E-state index contributed by atoms with van der Waals surface area (Å²) in [6, 6.07) is 2.73. The number of carboxylic acid groups (broad SMARTS) is 1. The summed E-state index contributed by atoms with van der Waals surface area (Å²) in [6.07, 6.45) is 1.31. The molecule has 0 unspecified atom stereocenters. The van der Waals surface area contributed by atoms with Gasteiger partial charge in [-0.3, -0.25) is 4.98 Å². The van der Waals surface area contributed by atoms with Crippen LogP contribution in [0.25, 0.3) is 0 Å². The maximum absolute atomic E-state index is 10.1. The third kappa shape index (κ3) is 1.45. The van der Waals surface area contributed by atoms with Gasteiger partial charge in [-0.15, -0.1) is 0 Å². The summed E-state index contributed by atoms with van der Waals surface area (Å²) in [5, 5.41) is 10.5. The molecule has 0 atom stereocenters. The molecular weight excluding hydrogens is 154 g/mol. The molecule has 3 nitrogen and oxygen atoms in total. The van der Waals surface area contributed by atoms with E-state index in [2.05, 4.69) is 4.98 Å². The summed E-state index contributed by atoms with van der Waals surface area (Å²) in [7, 11) is 0. The molecule has 0 aliphatic heterocycles. The lowest BCUT2D eigenvalue weighted by molar-refractivity contribution is -0.255. The minimum Gasteiger partial charge on any atom is -0.543 e. The van der Waals surface area contributed by atoms with Crippen LogP contribution >= 0.6 is 11.6 Å². The number of carboxylic acids is 1. The van der Waals surface area contributed by atoms with Gasteiger partial charge in [-0.2, -0.15) is 0 Å². The summed E-state index contributed by atoms with van der Waals surface area (Å²) in [4.78, 5) is 13.6. The van der Waals surface area contributed by atoms with Gasteiger partial charge in [0, 0.05) is 11.2 Å². The van der Waals surface area contributed by atoms with Crippen molar-refractivity contribution in [1.82, 2.24) is 4.98 Å². The number of carbonyl (C=O) groups is 1. The number of rotatable bonds is 1. The average molecular weight is 157 g/mol. The number of hydrogen-bond acceptors (Lipinski definition) is 3. The van der Waals surface area contributed by atoms with E-state index in [1.807, 2.05) is 0 Å². The molecule has 0 radical (unpaired) electrons.